The summed E-state index contributed by atoms with van der Waals surface area (Å²) in [5.74, 6) is -1.07. The van der Waals surface area contributed by atoms with Gasteiger partial charge >= 0.3 is 12.0 Å². The molecule has 0 spiro atoms. The summed E-state index contributed by atoms with van der Waals surface area (Å²) in [7, 11) is 0. The third-order valence-electron chi connectivity index (χ3n) is 2.32. The Morgan fingerprint density at radius 1 is 1.39 bits per heavy atom. The van der Waals surface area contributed by atoms with Crippen molar-refractivity contribution in [2.45, 2.75) is 13.3 Å². The maximum Gasteiger partial charge on any atom is 0.337 e. The third kappa shape index (κ3) is 4.06. The summed E-state index contributed by atoms with van der Waals surface area (Å²) in [6, 6.07) is 4.39. The molecule has 6 nitrogen and oxygen atoms in total. The van der Waals surface area contributed by atoms with Crippen LogP contribution in [0.4, 0.5) is 10.5 Å². The zero-order chi connectivity index (χ0) is 13.5. The fourth-order valence-corrected chi connectivity index (χ4v) is 1.41. The van der Waals surface area contributed by atoms with Gasteiger partial charge in [0.05, 0.1) is 11.3 Å². The van der Waals surface area contributed by atoms with Crippen molar-refractivity contribution in [3.05, 3.63) is 29.3 Å². The molecule has 0 aliphatic rings. The molecule has 0 bridgehead atoms. The van der Waals surface area contributed by atoms with Gasteiger partial charge in [0.15, 0.2) is 0 Å². The summed E-state index contributed by atoms with van der Waals surface area (Å²) in [6.45, 7) is 2.74. The van der Waals surface area contributed by atoms with E-state index in [-0.39, 0.29) is 11.3 Å². The molecule has 0 aromatic heterocycles. The molecule has 1 aromatic rings. The first-order valence-corrected chi connectivity index (χ1v) is 5.63. The van der Waals surface area contributed by atoms with Gasteiger partial charge in [0.2, 0.25) is 0 Å². The summed E-state index contributed by atoms with van der Waals surface area (Å²) in [5.41, 5.74) is 6.47. The first kappa shape index (κ1) is 14.0. The van der Waals surface area contributed by atoms with Gasteiger partial charge in [-0.3, -0.25) is 0 Å². The second kappa shape index (κ2) is 6.61. The lowest BCUT2D eigenvalue weighted by Crippen LogP contribution is -2.31. The highest BCUT2D eigenvalue weighted by Gasteiger charge is 2.12. The summed E-state index contributed by atoms with van der Waals surface area (Å²) in [4.78, 5) is 22.5. The number of urea groups is 1. The first-order chi connectivity index (χ1) is 8.54. The number of benzene rings is 1. The standard InChI is InChI=1S/C12H17N3O3/c1-8-3-4-10(9(7-8)11(16)17)15-12(18)14-6-2-5-13/h3-4,7H,2,5-6,13H2,1H3,(H,16,17)(H2,14,15,18). The van der Waals surface area contributed by atoms with E-state index in [2.05, 4.69) is 10.6 Å². The van der Waals surface area contributed by atoms with Crippen molar-refractivity contribution in [3.8, 4) is 0 Å². The summed E-state index contributed by atoms with van der Waals surface area (Å²) in [5, 5.41) is 14.1. The lowest BCUT2D eigenvalue weighted by Gasteiger charge is -2.10. The molecule has 0 atom stereocenters. The molecule has 2 amide bonds. The van der Waals surface area contributed by atoms with E-state index in [1.807, 2.05) is 0 Å². The average Bonchev–Trinajstić information content (AvgIpc) is 2.31. The molecule has 0 radical (unpaired) electrons. The monoisotopic (exact) mass is 251 g/mol. The van der Waals surface area contributed by atoms with Gasteiger partial charge in [-0.15, -0.1) is 0 Å². The van der Waals surface area contributed by atoms with Gasteiger partial charge in [-0.25, -0.2) is 9.59 Å². The number of anilines is 1. The normalized spacial score (nSPS) is 9.89. The molecular formula is C12H17N3O3. The van der Waals surface area contributed by atoms with Gasteiger partial charge in [0.1, 0.15) is 0 Å². The Balaban J connectivity index is 2.72. The van der Waals surface area contributed by atoms with E-state index in [4.69, 9.17) is 10.8 Å². The number of hydrogen-bond acceptors (Lipinski definition) is 3. The molecule has 0 saturated heterocycles. The lowest BCUT2D eigenvalue weighted by molar-refractivity contribution is 0.0698. The number of aromatic carboxylic acids is 1. The minimum atomic E-state index is -1.07. The summed E-state index contributed by atoms with van der Waals surface area (Å²) < 4.78 is 0. The van der Waals surface area contributed by atoms with Crippen molar-refractivity contribution in [2.75, 3.05) is 18.4 Å². The number of carboxylic acids is 1. The van der Waals surface area contributed by atoms with Crippen LogP contribution in [0.3, 0.4) is 0 Å². The molecule has 0 aliphatic heterocycles. The molecule has 0 heterocycles. The van der Waals surface area contributed by atoms with Gasteiger partial charge in [-0.1, -0.05) is 11.6 Å². The van der Waals surface area contributed by atoms with Crippen LogP contribution in [-0.2, 0) is 0 Å². The van der Waals surface area contributed by atoms with Gasteiger partial charge in [-0.05, 0) is 32.0 Å². The minimum Gasteiger partial charge on any atom is -0.478 e. The van der Waals surface area contributed by atoms with E-state index >= 15 is 0 Å². The van der Waals surface area contributed by atoms with Crippen molar-refractivity contribution >= 4 is 17.7 Å². The van der Waals surface area contributed by atoms with E-state index in [1.54, 1.807) is 19.1 Å². The fraction of sp³-hybridized carbons (Fsp3) is 0.333. The van der Waals surface area contributed by atoms with Crippen molar-refractivity contribution in [1.82, 2.24) is 5.32 Å². The van der Waals surface area contributed by atoms with Gasteiger partial charge < -0.3 is 21.5 Å². The maximum absolute atomic E-state index is 11.5. The van der Waals surface area contributed by atoms with E-state index in [0.29, 0.717) is 19.5 Å². The molecule has 0 fully saturated rings. The molecule has 0 aliphatic carbocycles. The number of carbonyl (C=O) groups is 2. The number of nitrogens with two attached hydrogens (primary N) is 1. The minimum absolute atomic E-state index is 0.0731. The number of aryl methyl sites for hydroxylation is 1. The maximum atomic E-state index is 11.5. The summed E-state index contributed by atoms with van der Waals surface area (Å²) in [6.07, 6.45) is 0.674. The molecule has 5 N–H and O–H groups in total. The van der Waals surface area contributed by atoms with E-state index in [9.17, 15) is 9.59 Å². The van der Waals surface area contributed by atoms with Crippen LogP contribution in [0.15, 0.2) is 18.2 Å². The Morgan fingerprint density at radius 2 is 2.11 bits per heavy atom. The number of nitrogens with one attached hydrogen (secondary N) is 2. The number of carbonyl (C=O) groups excluding carboxylic acids is 1. The number of rotatable bonds is 5. The SMILES string of the molecule is Cc1ccc(NC(=O)NCCCN)c(C(=O)O)c1. The fourth-order valence-electron chi connectivity index (χ4n) is 1.41. The third-order valence-corrected chi connectivity index (χ3v) is 2.32. The highest BCUT2D eigenvalue weighted by atomic mass is 16.4. The molecule has 1 rings (SSSR count). The second-order valence-electron chi connectivity index (χ2n) is 3.88. The van der Waals surface area contributed by atoms with E-state index in [1.165, 1.54) is 6.07 Å². The van der Waals surface area contributed by atoms with E-state index in [0.717, 1.165) is 5.56 Å². The second-order valence-corrected chi connectivity index (χ2v) is 3.88. The quantitative estimate of drug-likeness (QED) is 0.589. The van der Waals surface area contributed by atoms with Crippen LogP contribution in [0, 0.1) is 6.92 Å². The first-order valence-electron chi connectivity index (χ1n) is 5.63. The Hall–Kier alpha value is -2.08. The highest BCUT2D eigenvalue weighted by Crippen LogP contribution is 2.17. The van der Waals surface area contributed by atoms with Gasteiger partial charge in [0.25, 0.3) is 0 Å². The smallest absolute Gasteiger partial charge is 0.337 e. The van der Waals surface area contributed by atoms with Crippen LogP contribution >= 0.6 is 0 Å². The topological polar surface area (TPSA) is 104 Å². The lowest BCUT2D eigenvalue weighted by atomic mass is 10.1. The predicted molar refractivity (Wildman–Crippen MR) is 68.8 cm³/mol. The predicted octanol–water partition coefficient (Wildman–Crippen LogP) is 1.16. The number of carboxylic acid groups (broad SMARTS) is 1. The van der Waals surface area contributed by atoms with Crippen molar-refractivity contribution in [3.63, 3.8) is 0 Å². The molecule has 18 heavy (non-hydrogen) atoms. The largest absolute Gasteiger partial charge is 0.478 e. The van der Waals surface area contributed by atoms with Gasteiger partial charge in [-0.2, -0.15) is 0 Å². The average molecular weight is 251 g/mol. The van der Waals surface area contributed by atoms with Crippen LogP contribution in [0.5, 0.6) is 0 Å². The van der Waals surface area contributed by atoms with Crippen molar-refractivity contribution in [1.29, 1.82) is 0 Å². The van der Waals surface area contributed by atoms with Crippen LogP contribution in [-0.4, -0.2) is 30.2 Å². The van der Waals surface area contributed by atoms with Crippen LogP contribution in [0.1, 0.15) is 22.3 Å². The number of amides is 2. The molecular weight excluding hydrogens is 234 g/mol. The van der Waals surface area contributed by atoms with Crippen LogP contribution in [0.2, 0.25) is 0 Å². The molecule has 0 unspecified atom stereocenters. The van der Waals surface area contributed by atoms with Crippen LogP contribution < -0.4 is 16.4 Å². The van der Waals surface area contributed by atoms with Crippen molar-refractivity contribution < 1.29 is 14.7 Å². The zero-order valence-electron chi connectivity index (χ0n) is 10.2. The molecule has 98 valence electrons. The Bertz CT molecular complexity index is 446. The summed E-state index contributed by atoms with van der Waals surface area (Å²) >= 11 is 0. The molecule has 6 heteroatoms. The number of hydrogen-bond donors (Lipinski definition) is 4. The molecule has 0 saturated carbocycles. The Morgan fingerprint density at radius 3 is 2.72 bits per heavy atom. The van der Waals surface area contributed by atoms with E-state index < -0.39 is 12.0 Å². The molecule has 1 aromatic carbocycles. The Labute approximate surface area is 105 Å². The highest BCUT2D eigenvalue weighted by molar-refractivity contribution is 6.00. The zero-order valence-corrected chi connectivity index (χ0v) is 10.2. The van der Waals surface area contributed by atoms with Gasteiger partial charge in [0, 0.05) is 6.54 Å². The Kier molecular flexibility index (Phi) is 5.13. The van der Waals surface area contributed by atoms with Crippen molar-refractivity contribution in [2.24, 2.45) is 5.73 Å². The van der Waals surface area contributed by atoms with Crippen LogP contribution in [0.25, 0.3) is 0 Å².